The molecule has 3 N–H and O–H groups in total. The van der Waals surface area contributed by atoms with Crippen molar-refractivity contribution < 1.29 is 4.74 Å². The summed E-state index contributed by atoms with van der Waals surface area (Å²) in [6.07, 6.45) is 1.59. The number of nitrogens with one attached hydrogen (secondary N) is 1. The van der Waals surface area contributed by atoms with Gasteiger partial charge in [0.2, 0.25) is 0 Å². The van der Waals surface area contributed by atoms with Crippen LogP contribution in [0.3, 0.4) is 0 Å². The van der Waals surface area contributed by atoms with Crippen LogP contribution < -0.4 is 10.5 Å². The maximum absolute atomic E-state index is 7.38. The molecule has 1 heterocycles. The fraction of sp³-hybridized carbons (Fsp3) is 0.200. The van der Waals surface area contributed by atoms with Gasteiger partial charge in [0, 0.05) is 12.3 Å². The SMILES string of the molecule is CC(C)c1ccccc1Oc1ccnc(C(=N)N)c1. The smallest absolute Gasteiger partial charge is 0.141 e. The Bertz CT molecular complexity index is 593. The van der Waals surface area contributed by atoms with Gasteiger partial charge < -0.3 is 10.5 Å². The highest BCUT2D eigenvalue weighted by atomic mass is 16.5. The van der Waals surface area contributed by atoms with E-state index in [1.54, 1.807) is 18.3 Å². The highest BCUT2D eigenvalue weighted by Gasteiger charge is 2.08. The number of rotatable bonds is 4. The lowest BCUT2D eigenvalue weighted by Gasteiger charge is -2.13. The molecule has 1 aromatic heterocycles. The molecule has 2 rings (SSSR count). The Hall–Kier alpha value is -2.36. The van der Waals surface area contributed by atoms with Gasteiger partial charge in [0.15, 0.2) is 0 Å². The van der Waals surface area contributed by atoms with Crippen molar-refractivity contribution in [3.63, 3.8) is 0 Å². The van der Waals surface area contributed by atoms with Gasteiger partial charge in [0.1, 0.15) is 23.0 Å². The minimum absolute atomic E-state index is 0.0670. The fourth-order valence-electron chi connectivity index (χ4n) is 1.80. The maximum atomic E-state index is 7.38. The van der Waals surface area contributed by atoms with E-state index < -0.39 is 0 Å². The second-order valence-corrected chi connectivity index (χ2v) is 4.59. The van der Waals surface area contributed by atoms with Crippen LogP contribution in [0, 0.1) is 5.41 Å². The lowest BCUT2D eigenvalue weighted by Crippen LogP contribution is -2.12. The maximum Gasteiger partial charge on any atom is 0.141 e. The molecule has 0 unspecified atom stereocenters. The third-order valence-corrected chi connectivity index (χ3v) is 2.78. The number of amidine groups is 1. The van der Waals surface area contributed by atoms with E-state index in [9.17, 15) is 0 Å². The molecule has 2 aromatic rings. The van der Waals surface area contributed by atoms with Crippen LogP contribution in [0.25, 0.3) is 0 Å². The van der Waals surface area contributed by atoms with Gasteiger partial charge in [-0.15, -0.1) is 0 Å². The third kappa shape index (κ3) is 3.10. The van der Waals surface area contributed by atoms with Crippen LogP contribution in [0.2, 0.25) is 0 Å². The molecule has 0 aliphatic rings. The van der Waals surface area contributed by atoms with Crippen LogP contribution in [0.15, 0.2) is 42.6 Å². The average Bonchev–Trinajstić information content (AvgIpc) is 2.39. The largest absolute Gasteiger partial charge is 0.457 e. The molecule has 19 heavy (non-hydrogen) atoms. The summed E-state index contributed by atoms with van der Waals surface area (Å²) in [6.45, 7) is 4.24. The molecule has 0 aliphatic heterocycles. The van der Waals surface area contributed by atoms with Gasteiger partial charge in [-0.25, -0.2) is 0 Å². The van der Waals surface area contributed by atoms with E-state index in [4.69, 9.17) is 15.9 Å². The number of benzene rings is 1. The standard InChI is InChI=1S/C15H17N3O/c1-10(2)12-5-3-4-6-14(12)19-11-7-8-18-13(9-11)15(16)17/h3-10H,1-2H3,(H3,16,17). The van der Waals surface area contributed by atoms with Crippen molar-refractivity contribution in [3.8, 4) is 11.5 Å². The minimum Gasteiger partial charge on any atom is -0.457 e. The normalized spacial score (nSPS) is 10.5. The van der Waals surface area contributed by atoms with Crippen LogP contribution in [-0.4, -0.2) is 10.8 Å². The predicted octanol–water partition coefficient (Wildman–Crippen LogP) is 3.28. The Morgan fingerprint density at radius 3 is 2.68 bits per heavy atom. The number of nitrogen functional groups attached to an aromatic ring is 1. The van der Waals surface area contributed by atoms with Crippen LogP contribution in [0.4, 0.5) is 0 Å². The summed E-state index contributed by atoms with van der Waals surface area (Å²) < 4.78 is 5.87. The molecule has 0 bridgehead atoms. The van der Waals surface area contributed by atoms with Crippen molar-refractivity contribution >= 4 is 5.84 Å². The van der Waals surface area contributed by atoms with Gasteiger partial charge in [-0.2, -0.15) is 0 Å². The molecule has 98 valence electrons. The molecule has 0 saturated carbocycles. The van der Waals surface area contributed by atoms with Gasteiger partial charge in [-0.3, -0.25) is 10.4 Å². The number of para-hydroxylation sites is 1. The first-order valence-electron chi connectivity index (χ1n) is 6.15. The molecular weight excluding hydrogens is 238 g/mol. The minimum atomic E-state index is -0.0670. The first-order valence-corrected chi connectivity index (χ1v) is 6.15. The summed E-state index contributed by atoms with van der Waals surface area (Å²) in [6, 6.07) is 11.3. The second-order valence-electron chi connectivity index (χ2n) is 4.59. The number of pyridine rings is 1. The Labute approximate surface area is 112 Å². The van der Waals surface area contributed by atoms with Gasteiger partial charge in [0.25, 0.3) is 0 Å². The monoisotopic (exact) mass is 255 g/mol. The van der Waals surface area contributed by atoms with Crippen molar-refractivity contribution in [1.82, 2.24) is 4.98 Å². The molecule has 0 saturated heterocycles. The van der Waals surface area contributed by atoms with E-state index in [1.165, 1.54) is 0 Å². The van der Waals surface area contributed by atoms with Crippen molar-refractivity contribution in [1.29, 1.82) is 5.41 Å². The number of hydrogen-bond donors (Lipinski definition) is 2. The van der Waals surface area contributed by atoms with Gasteiger partial charge in [-0.1, -0.05) is 32.0 Å². The van der Waals surface area contributed by atoms with E-state index in [2.05, 4.69) is 18.8 Å². The van der Waals surface area contributed by atoms with Crippen LogP contribution >= 0.6 is 0 Å². The summed E-state index contributed by atoms with van der Waals surface area (Å²) >= 11 is 0. The van der Waals surface area contributed by atoms with Crippen molar-refractivity contribution in [2.24, 2.45) is 5.73 Å². The average molecular weight is 255 g/mol. The topological polar surface area (TPSA) is 72.0 Å². The zero-order valence-electron chi connectivity index (χ0n) is 11.1. The van der Waals surface area contributed by atoms with Gasteiger partial charge in [-0.05, 0) is 23.6 Å². The Morgan fingerprint density at radius 1 is 1.26 bits per heavy atom. The molecule has 4 nitrogen and oxygen atoms in total. The molecule has 0 atom stereocenters. The Kier molecular flexibility index (Phi) is 3.80. The van der Waals surface area contributed by atoms with E-state index in [1.807, 2.05) is 24.3 Å². The number of hydrogen-bond acceptors (Lipinski definition) is 3. The molecule has 0 aliphatic carbocycles. The number of nitrogens with zero attached hydrogens (tertiary/aromatic N) is 1. The Balaban J connectivity index is 2.31. The first kappa shape index (κ1) is 13.1. The summed E-state index contributed by atoms with van der Waals surface area (Å²) in [5.41, 5.74) is 6.98. The number of aromatic nitrogens is 1. The third-order valence-electron chi connectivity index (χ3n) is 2.78. The van der Waals surface area contributed by atoms with Crippen LogP contribution in [0.5, 0.6) is 11.5 Å². The lowest BCUT2D eigenvalue weighted by atomic mass is 10.0. The molecular formula is C15H17N3O. The highest BCUT2D eigenvalue weighted by molar-refractivity contribution is 5.93. The van der Waals surface area contributed by atoms with E-state index >= 15 is 0 Å². The number of ether oxygens (including phenoxy) is 1. The van der Waals surface area contributed by atoms with E-state index in [0.717, 1.165) is 11.3 Å². The molecule has 0 radical (unpaired) electrons. The van der Waals surface area contributed by atoms with Crippen LogP contribution in [0.1, 0.15) is 31.0 Å². The van der Waals surface area contributed by atoms with E-state index in [0.29, 0.717) is 17.4 Å². The van der Waals surface area contributed by atoms with E-state index in [-0.39, 0.29) is 5.84 Å². The lowest BCUT2D eigenvalue weighted by molar-refractivity contribution is 0.472. The summed E-state index contributed by atoms with van der Waals surface area (Å²) in [5.74, 6) is 1.76. The zero-order valence-corrected chi connectivity index (χ0v) is 11.1. The van der Waals surface area contributed by atoms with Crippen molar-refractivity contribution in [2.45, 2.75) is 19.8 Å². The molecule has 0 spiro atoms. The Morgan fingerprint density at radius 2 is 2.00 bits per heavy atom. The molecule has 4 heteroatoms. The predicted molar refractivity (Wildman–Crippen MR) is 75.9 cm³/mol. The summed E-state index contributed by atoms with van der Waals surface area (Å²) in [5, 5.41) is 7.38. The zero-order chi connectivity index (χ0) is 13.8. The molecule has 1 aromatic carbocycles. The van der Waals surface area contributed by atoms with Crippen molar-refractivity contribution in [3.05, 3.63) is 53.9 Å². The summed E-state index contributed by atoms with van der Waals surface area (Å²) in [4.78, 5) is 4.01. The molecule has 0 amide bonds. The van der Waals surface area contributed by atoms with Crippen LogP contribution in [-0.2, 0) is 0 Å². The second kappa shape index (κ2) is 5.52. The highest BCUT2D eigenvalue weighted by Crippen LogP contribution is 2.30. The fourth-order valence-corrected chi connectivity index (χ4v) is 1.80. The van der Waals surface area contributed by atoms with Gasteiger partial charge in [0.05, 0.1) is 0 Å². The molecule has 0 fully saturated rings. The van der Waals surface area contributed by atoms with Crippen molar-refractivity contribution in [2.75, 3.05) is 0 Å². The first-order chi connectivity index (χ1) is 9.08. The quantitative estimate of drug-likeness (QED) is 0.650. The van der Waals surface area contributed by atoms with Gasteiger partial charge >= 0.3 is 0 Å². The summed E-state index contributed by atoms with van der Waals surface area (Å²) in [7, 11) is 0. The number of nitrogens with two attached hydrogens (primary N) is 1.